The molecule has 0 N–H and O–H groups in total. The predicted octanol–water partition coefficient (Wildman–Crippen LogP) is 3.05. The number of ether oxygens (including phenoxy) is 1. The minimum absolute atomic E-state index is 0.0451. The number of hydrogen-bond donors (Lipinski definition) is 0. The fourth-order valence-corrected chi connectivity index (χ4v) is 3.88. The number of fused-ring (bicyclic) bond motifs is 1. The molecule has 0 bridgehead atoms. The highest BCUT2D eigenvalue weighted by Crippen LogP contribution is 2.38. The Labute approximate surface area is 176 Å². The molecule has 2 aromatic rings. The number of aryl methyl sites for hydroxylation is 1. The third kappa shape index (κ3) is 3.23. The number of carbonyl (C=O) groups excluding carboxylic acids is 3. The molecule has 0 aliphatic carbocycles. The van der Waals surface area contributed by atoms with E-state index in [0.717, 1.165) is 14.9 Å². The standard InChI is InChI=1S/C21H18BrN3O4/c1-3-29-21(28)17-16-18(25(23-17)15-6-4-5-12(2)11-15)20(27)24(19(16)26)14-9-7-13(22)8-10-14/h4-11,16,18H,3H2,1-2H3/t16-,18-/m1/s1. The lowest BCUT2D eigenvalue weighted by molar-refractivity contribution is -0.136. The van der Waals surface area contributed by atoms with Crippen molar-refractivity contribution in [2.24, 2.45) is 11.0 Å². The van der Waals surface area contributed by atoms with E-state index in [1.165, 1.54) is 5.01 Å². The first kappa shape index (κ1) is 19.3. The summed E-state index contributed by atoms with van der Waals surface area (Å²) in [6.45, 7) is 3.75. The third-order valence-electron chi connectivity index (χ3n) is 4.88. The van der Waals surface area contributed by atoms with Crippen LogP contribution >= 0.6 is 15.9 Å². The van der Waals surface area contributed by atoms with Gasteiger partial charge in [0, 0.05) is 4.47 Å². The van der Waals surface area contributed by atoms with Crippen molar-refractivity contribution >= 4 is 50.8 Å². The lowest BCUT2D eigenvalue weighted by atomic mass is 9.97. The number of imide groups is 1. The lowest BCUT2D eigenvalue weighted by Crippen LogP contribution is -2.39. The average molecular weight is 456 g/mol. The predicted molar refractivity (Wildman–Crippen MR) is 112 cm³/mol. The number of amides is 2. The summed E-state index contributed by atoms with van der Waals surface area (Å²) in [5, 5.41) is 5.81. The number of nitrogens with zero attached hydrogens (tertiary/aromatic N) is 3. The second-order valence-corrected chi connectivity index (χ2v) is 7.72. The molecule has 1 saturated heterocycles. The van der Waals surface area contributed by atoms with Gasteiger partial charge in [-0.1, -0.05) is 28.1 Å². The first-order valence-electron chi connectivity index (χ1n) is 9.17. The van der Waals surface area contributed by atoms with Gasteiger partial charge in [0.05, 0.1) is 18.0 Å². The van der Waals surface area contributed by atoms with Crippen LogP contribution in [0.15, 0.2) is 58.1 Å². The van der Waals surface area contributed by atoms with E-state index >= 15 is 0 Å². The van der Waals surface area contributed by atoms with E-state index in [2.05, 4.69) is 21.0 Å². The molecule has 8 heteroatoms. The molecule has 2 aliphatic rings. The Bertz CT molecular complexity index is 1030. The molecule has 2 atom stereocenters. The van der Waals surface area contributed by atoms with E-state index in [1.54, 1.807) is 37.3 Å². The molecule has 0 saturated carbocycles. The Morgan fingerprint density at radius 3 is 2.48 bits per heavy atom. The van der Waals surface area contributed by atoms with Gasteiger partial charge in [0.1, 0.15) is 12.0 Å². The summed E-state index contributed by atoms with van der Waals surface area (Å²) in [7, 11) is 0. The van der Waals surface area contributed by atoms with Crippen molar-refractivity contribution in [1.29, 1.82) is 0 Å². The number of benzene rings is 2. The Kier molecular flexibility index (Phi) is 4.96. The fourth-order valence-electron chi connectivity index (χ4n) is 3.62. The highest BCUT2D eigenvalue weighted by molar-refractivity contribution is 9.10. The van der Waals surface area contributed by atoms with Crippen LogP contribution in [-0.2, 0) is 19.1 Å². The summed E-state index contributed by atoms with van der Waals surface area (Å²) in [4.78, 5) is 40.2. The van der Waals surface area contributed by atoms with Gasteiger partial charge >= 0.3 is 5.97 Å². The summed E-state index contributed by atoms with van der Waals surface area (Å²) in [6.07, 6.45) is 0. The molecule has 0 aromatic heterocycles. The fraction of sp³-hybridized carbons (Fsp3) is 0.238. The van der Waals surface area contributed by atoms with Gasteiger partial charge < -0.3 is 4.74 Å². The SMILES string of the molecule is CCOC(=O)C1=NN(c2cccc(C)c2)[C@H]2C(=O)N(c3ccc(Br)cc3)C(=O)[C@H]12. The van der Waals surface area contributed by atoms with Crippen LogP contribution in [0.2, 0.25) is 0 Å². The number of rotatable bonds is 4. The molecular weight excluding hydrogens is 438 g/mol. The van der Waals surface area contributed by atoms with Crippen LogP contribution < -0.4 is 9.91 Å². The molecule has 4 rings (SSSR count). The van der Waals surface area contributed by atoms with Crippen LogP contribution in [0.3, 0.4) is 0 Å². The topological polar surface area (TPSA) is 79.3 Å². The Hall–Kier alpha value is -3.00. The number of hydrogen-bond acceptors (Lipinski definition) is 6. The second-order valence-electron chi connectivity index (χ2n) is 6.80. The summed E-state index contributed by atoms with van der Waals surface area (Å²) in [6, 6.07) is 13.3. The maximum Gasteiger partial charge on any atom is 0.355 e. The van der Waals surface area contributed by atoms with Crippen molar-refractivity contribution in [2.75, 3.05) is 16.5 Å². The van der Waals surface area contributed by atoms with E-state index in [4.69, 9.17) is 4.74 Å². The zero-order valence-electron chi connectivity index (χ0n) is 15.8. The number of hydrazone groups is 1. The van der Waals surface area contributed by atoms with Gasteiger partial charge in [-0.25, -0.2) is 9.69 Å². The molecule has 2 aliphatic heterocycles. The maximum atomic E-state index is 13.3. The molecule has 29 heavy (non-hydrogen) atoms. The minimum Gasteiger partial charge on any atom is -0.461 e. The Balaban J connectivity index is 1.79. The van der Waals surface area contributed by atoms with Crippen molar-refractivity contribution in [3.8, 4) is 0 Å². The van der Waals surface area contributed by atoms with Gasteiger partial charge in [0.25, 0.3) is 5.91 Å². The van der Waals surface area contributed by atoms with E-state index in [1.807, 2.05) is 25.1 Å². The van der Waals surface area contributed by atoms with Gasteiger partial charge in [-0.15, -0.1) is 0 Å². The quantitative estimate of drug-likeness (QED) is 0.522. The monoisotopic (exact) mass is 455 g/mol. The largest absolute Gasteiger partial charge is 0.461 e. The molecule has 148 valence electrons. The third-order valence-corrected chi connectivity index (χ3v) is 5.41. The van der Waals surface area contributed by atoms with E-state index < -0.39 is 29.7 Å². The highest BCUT2D eigenvalue weighted by Gasteiger charge is 2.59. The van der Waals surface area contributed by atoms with E-state index in [-0.39, 0.29) is 12.3 Å². The number of carbonyl (C=O) groups is 3. The smallest absolute Gasteiger partial charge is 0.355 e. The van der Waals surface area contributed by atoms with Crippen molar-refractivity contribution in [2.45, 2.75) is 19.9 Å². The first-order valence-corrected chi connectivity index (χ1v) is 9.96. The molecule has 2 heterocycles. The minimum atomic E-state index is -1.01. The summed E-state index contributed by atoms with van der Waals surface area (Å²) in [5.74, 6) is -2.60. The molecule has 0 radical (unpaired) electrons. The number of halogens is 1. The Morgan fingerprint density at radius 2 is 1.83 bits per heavy atom. The van der Waals surface area contributed by atoms with Crippen molar-refractivity contribution in [3.63, 3.8) is 0 Å². The molecule has 2 aromatic carbocycles. The van der Waals surface area contributed by atoms with Gasteiger partial charge in [-0.3, -0.25) is 14.6 Å². The second kappa shape index (κ2) is 7.44. The van der Waals surface area contributed by atoms with Gasteiger partial charge in [-0.05, 0) is 55.8 Å². The summed E-state index contributed by atoms with van der Waals surface area (Å²) < 4.78 is 5.93. The molecule has 1 fully saturated rings. The van der Waals surface area contributed by atoms with E-state index in [0.29, 0.717) is 11.4 Å². The van der Waals surface area contributed by atoms with Crippen LogP contribution in [0.5, 0.6) is 0 Å². The van der Waals surface area contributed by atoms with Crippen LogP contribution in [0, 0.1) is 12.8 Å². The molecule has 0 spiro atoms. The van der Waals surface area contributed by atoms with Crippen LogP contribution in [0.4, 0.5) is 11.4 Å². The molecular formula is C21H18BrN3O4. The number of esters is 1. The van der Waals surface area contributed by atoms with Crippen molar-refractivity contribution in [1.82, 2.24) is 0 Å². The molecule has 2 amide bonds. The zero-order valence-corrected chi connectivity index (χ0v) is 17.4. The van der Waals surface area contributed by atoms with Gasteiger partial charge in [0.15, 0.2) is 5.71 Å². The van der Waals surface area contributed by atoms with Crippen LogP contribution in [0.1, 0.15) is 12.5 Å². The first-order chi connectivity index (χ1) is 13.9. The van der Waals surface area contributed by atoms with Crippen molar-refractivity contribution in [3.05, 3.63) is 58.6 Å². The highest BCUT2D eigenvalue weighted by atomic mass is 79.9. The molecule has 0 unspecified atom stereocenters. The maximum absolute atomic E-state index is 13.3. The van der Waals surface area contributed by atoms with Crippen LogP contribution in [0.25, 0.3) is 0 Å². The number of anilines is 2. The summed E-state index contributed by atoms with van der Waals surface area (Å²) in [5.41, 5.74) is 2.01. The van der Waals surface area contributed by atoms with Gasteiger partial charge in [-0.2, -0.15) is 5.10 Å². The van der Waals surface area contributed by atoms with Crippen LogP contribution in [-0.4, -0.2) is 36.1 Å². The van der Waals surface area contributed by atoms with Gasteiger partial charge in [0.2, 0.25) is 5.91 Å². The summed E-state index contributed by atoms with van der Waals surface area (Å²) >= 11 is 3.35. The molecule has 7 nitrogen and oxygen atoms in total. The zero-order chi connectivity index (χ0) is 20.7. The van der Waals surface area contributed by atoms with Crippen molar-refractivity contribution < 1.29 is 19.1 Å². The van der Waals surface area contributed by atoms with E-state index in [9.17, 15) is 14.4 Å². The Morgan fingerprint density at radius 1 is 1.10 bits per heavy atom. The average Bonchev–Trinajstić information content (AvgIpc) is 3.21. The normalized spacial score (nSPS) is 20.7. The lowest BCUT2D eigenvalue weighted by Gasteiger charge is -2.22.